The van der Waals surface area contributed by atoms with Crippen LogP contribution in [0.2, 0.25) is 0 Å². The Morgan fingerprint density at radius 2 is 1.75 bits per heavy atom. The van der Waals surface area contributed by atoms with E-state index >= 15 is 0 Å². The summed E-state index contributed by atoms with van der Waals surface area (Å²) in [6.45, 7) is 0. The minimum absolute atomic E-state index is 0.124. The van der Waals surface area contributed by atoms with Crippen LogP contribution in [0.15, 0.2) is 48.5 Å². The van der Waals surface area contributed by atoms with Crippen molar-refractivity contribution in [3.63, 3.8) is 0 Å². The zero-order chi connectivity index (χ0) is 14.5. The van der Waals surface area contributed by atoms with Crippen molar-refractivity contribution in [3.05, 3.63) is 59.7 Å². The fraction of sp³-hybridized carbons (Fsp3) is 0.188. The van der Waals surface area contributed by atoms with Crippen molar-refractivity contribution in [3.8, 4) is 11.5 Å². The first kappa shape index (κ1) is 13.9. The molecule has 20 heavy (non-hydrogen) atoms. The second-order valence-corrected chi connectivity index (χ2v) is 4.81. The lowest BCUT2D eigenvalue weighted by Crippen LogP contribution is -2.16. The quantitative estimate of drug-likeness (QED) is 0.730. The maximum atomic E-state index is 11.2. The first-order valence-corrected chi connectivity index (χ1v) is 6.40. The van der Waals surface area contributed by atoms with Gasteiger partial charge in [0.15, 0.2) is 11.5 Å². The molecule has 4 nitrogen and oxygen atoms in total. The summed E-state index contributed by atoms with van der Waals surface area (Å²) in [6.07, 6.45) is 0.840. The highest BCUT2D eigenvalue weighted by Gasteiger charge is 2.16. The van der Waals surface area contributed by atoms with Gasteiger partial charge in [-0.1, -0.05) is 36.4 Å². The molecule has 0 aliphatic carbocycles. The Hall–Kier alpha value is -2.49. The summed E-state index contributed by atoms with van der Waals surface area (Å²) in [5.41, 5.74) is 7.17. The van der Waals surface area contributed by atoms with Crippen LogP contribution >= 0.6 is 0 Å². The van der Waals surface area contributed by atoms with Gasteiger partial charge in [0.05, 0.1) is 0 Å². The smallest absolute Gasteiger partial charge is 0.218 e. The van der Waals surface area contributed by atoms with E-state index in [9.17, 15) is 15.0 Å². The number of primary amides is 1. The molecule has 0 aliphatic rings. The molecule has 4 heteroatoms. The van der Waals surface area contributed by atoms with Gasteiger partial charge in [0, 0.05) is 6.42 Å². The molecule has 2 rings (SSSR count). The number of carbonyl (C=O) groups excluding carboxylic acids is 1. The fourth-order valence-corrected chi connectivity index (χ4v) is 2.24. The minimum atomic E-state index is -0.390. The third-order valence-electron chi connectivity index (χ3n) is 3.24. The molecular formula is C16H17NO3. The lowest BCUT2D eigenvalue weighted by Gasteiger charge is -2.16. The lowest BCUT2D eigenvalue weighted by molar-refractivity contribution is -0.118. The number of aromatic hydroxyl groups is 2. The van der Waals surface area contributed by atoms with Gasteiger partial charge in [0.1, 0.15) is 0 Å². The maximum Gasteiger partial charge on any atom is 0.218 e. The van der Waals surface area contributed by atoms with E-state index in [-0.39, 0.29) is 23.8 Å². The number of phenolic OH excluding ortho intramolecular Hbond substituents is 2. The monoisotopic (exact) mass is 271 g/mol. The summed E-state index contributed by atoms with van der Waals surface area (Å²) in [7, 11) is 0. The Labute approximate surface area is 117 Å². The predicted molar refractivity (Wildman–Crippen MR) is 76.5 cm³/mol. The molecular weight excluding hydrogens is 254 g/mol. The predicted octanol–water partition coefficient (Wildman–Crippen LogP) is 2.30. The molecule has 0 aromatic heterocycles. The van der Waals surface area contributed by atoms with Crippen LogP contribution in [0, 0.1) is 0 Å². The zero-order valence-electron chi connectivity index (χ0n) is 11.0. The molecule has 4 N–H and O–H groups in total. The highest BCUT2D eigenvalue weighted by Crippen LogP contribution is 2.31. The van der Waals surface area contributed by atoms with Gasteiger partial charge in [-0.15, -0.1) is 0 Å². The van der Waals surface area contributed by atoms with Gasteiger partial charge in [-0.3, -0.25) is 4.79 Å². The van der Waals surface area contributed by atoms with Crippen LogP contribution in [-0.2, 0) is 11.2 Å². The largest absolute Gasteiger partial charge is 0.504 e. The van der Waals surface area contributed by atoms with Gasteiger partial charge in [-0.2, -0.15) is 0 Å². The SMILES string of the molecule is NC(=O)CC(Cc1ccccc1)c1ccc(O)c(O)c1. The first-order valence-electron chi connectivity index (χ1n) is 6.40. The van der Waals surface area contributed by atoms with Crippen molar-refractivity contribution in [2.24, 2.45) is 5.73 Å². The van der Waals surface area contributed by atoms with E-state index in [0.717, 1.165) is 11.1 Å². The number of phenols is 2. The highest BCUT2D eigenvalue weighted by molar-refractivity contribution is 5.75. The van der Waals surface area contributed by atoms with Crippen LogP contribution in [0.4, 0.5) is 0 Å². The Morgan fingerprint density at radius 1 is 1.05 bits per heavy atom. The van der Waals surface area contributed by atoms with Gasteiger partial charge < -0.3 is 15.9 Å². The first-order chi connectivity index (χ1) is 9.56. The average molecular weight is 271 g/mol. The van der Waals surface area contributed by atoms with E-state index in [1.54, 1.807) is 6.07 Å². The van der Waals surface area contributed by atoms with Crippen LogP contribution in [0.25, 0.3) is 0 Å². The summed E-state index contributed by atoms with van der Waals surface area (Å²) in [6, 6.07) is 14.4. The van der Waals surface area contributed by atoms with Gasteiger partial charge in [0.2, 0.25) is 5.91 Å². The molecule has 104 valence electrons. The average Bonchev–Trinajstić information content (AvgIpc) is 2.42. The van der Waals surface area contributed by atoms with E-state index in [2.05, 4.69) is 0 Å². The Kier molecular flexibility index (Phi) is 4.25. The summed E-state index contributed by atoms with van der Waals surface area (Å²) < 4.78 is 0. The normalized spacial score (nSPS) is 12.0. The molecule has 0 saturated carbocycles. The number of rotatable bonds is 5. The lowest BCUT2D eigenvalue weighted by atomic mass is 9.89. The van der Waals surface area contributed by atoms with Crippen molar-refractivity contribution in [1.82, 2.24) is 0 Å². The Balaban J connectivity index is 2.27. The van der Waals surface area contributed by atoms with E-state index < -0.39 is 5.91 Å². The zero-order valence-corrected chi connectivity index (χ0v) is 11.0. The number of nitrogens with two attached hydrogens (primary N) is 1. The summed E-state index contributed by atoms with van der Waals surface area (Å²) in [5, 5.41) is 18.9. The molecule has 2 aromatic rings. The molecule has 1 amide bonds. The van der Waals surface area contributed by atoms with E-state index in [4.69, 9.17) is 5.73 Å². The molecule has 1 unspecified atom stereocenters. The summed E-state index contributed by atoms with van der Waals surface area (Å²) in [5.74, 6) is -0.879. The molecule has 0 bridgehead atoms. The van der Waals surface area contributed by atoms with Gasteiger partial charge >= 0.3 is 0 Å². The number of hydrogen-bond donors (Lipinski definition) is 3. The highest BCUT2D eigenvalue weighted by atomic mass is 16.3. The number of hydrogen-bond acceptors (Lipinski definition) is 3. The Bertz CT molecular complexity index is 596. The van der Waals surface area contributed by atoms with Crippen molar-refractivity contribution in [1.29, 1.82) is 0 Å². The van der Waals surface area contributed by atoms with Crippen LogP contribution < -0.4 is 5.73 Å². The summed E-state index contributed by atoms with van der Waals surface area (Å²) in [4.78, 5) is 11.2. The molecule has 0 radical (unpaired) electrons. The van der Waals surface area contributed by atoms with Crippen LogP contribution in [-0.4, -0.2) is 16.1 Å². The number of amides is 1. The molecule has 0 heterocycles. The van der Waals surface area contributed by atoms with Crippen molar-refractivity contribution >= 4 is 5.91 Å². The van der Waals surface area contributed by atoms with E-state index in [0.29, 0.717) is 6.42 Å². The van der Waals surface area contributed by atoms with E-state index in [1.807, 2.05) is 30.3 Å². The standard InChI is InChI=1S/C16H17NO3/c17-16(20)10-13(8-11-4-2-1-3-5-11)12-6-7-14(18)15(19)9-12/h1-7,9,13,18-19H,8,10H2,(H2,17,20). The van der Waals surface area contributed by atoms with Crippen LogP contribution in [0.1, 0.15) is 23.5 Å². The summed E-state index contributed by atoms with van der Waals surface area (Å²) >= 11 is 0. The molecule has 2 aromatic carbocycles. The second-order valence-electron chi connectivity index (χ2n) is 4.81. The van der Waals surface area contributed by atoms with Gasteiger partial charge in [-0.25, -0.2) is 0 Å². The van der Waals surface area contributed by atoms with Crippen LogP contribution in [0.5, 0.6) is 11.5 Å². The topological polar surface area (TPSA) is 83.6 Å². The molecule has 0 saturated heterocycles. The van der Waals surface area contributed by atoms with Gasteiger partial charge in [-0.05, 0) is 35.6 Å². The maximum absolute atomic E-state index is 11.2. The molecule has 0 fully saturated rings. The third kappa shape index (κ3) is 3.51. The minimum Gasteiger partial charge on any atom is -0.504 e. The van der Waals surface area contributed by atoms with Crippen molar-refractivity contribution in [2.75, 3.05) is 0 Å². The number of carbonyl (C=O) groups is 1. The molecule has 0 spiro atoms. The fourth-order valence-electron chi connectivity index (χ4n) is 2.24. The Morgan fingerprint density at radius 3 is 2.35 bits per heavy atom. The van der Waals surface area contributed by atoms with Gasteiger partial charge in [0.25, 0.3) is 0 Å². The van der Waals surface area contributed by atoms with E-state index in [1.165, 1.54) is 12.1 Å². The second kappa shape index (κ2) is 6.10. The van der Waals surface area contributed by atoms with Crippen molar-refractivity contribution < 1.29 is 15.0 Å². The number of benzene rings is 2. The molecule has 0 aliphatic heterocycles. The van der Waals surface area contributed by atoms with Crippen LogP contribution in [0.3, 0.4) is 0 Å². The third-order valence-corrected chi connectivity index (χ3v) is 3.24. The van der Waals surface area contributed by atoms with Crippen molar-refractivity contribution in [2.45, 2.75) is 18.8 Å². The molecule has 1 atom stereocenters.